The van der Waals surface area contributed by atoms with Gasteiger partial charge in [-0.1, -0.05) is 36.7 Å². The van der Waals surface area contributed by atoms with E-state index in [9.17, 15) is 8.78 Å². The highest BCUT2D eigenvalue weighted by Crippen LogP contribution is 2.32. The van der Waals surface area contributed by atoms with Gasteiger partial charge in [-0.3, -0.25) is 0 Å². The lowest BCUT2D eigenvalue weighted by molar-refractivity contribution is 0.505. The summed E-state index contributed by atoms with van der Waals surface area (Å²) in [5, 5.41) is 3.74. The van der Waals surface area contributed by atoms with Crippen molar-refractivity contribution in [3.8, 4) is 0 Å². The Morgan fingerprint density at radius 2 is 1.86 bits per heavy atom. The zero-order valence-corrected chi connectivity index (χ0v) is 13.1. The fraction of sp³-hybridized carbons (Fsp3) is 0.294. The predicted molar refractivity (Wildman–Crippen MR) is 82.8 cm³/mol. The van der Waals surface area contributed by atoms with Crippen molar-refractivity contribution in [2.24, 2.45) is 0 Å². The van der Waals surface area contributed by atoms with Gasteiger partial charge < -0.3 is 5.32 Å². The largest absolute Gasteiger partial charge is 0.306 e. The fourth-order valence-corrected chi connectivity index (χ4v) is 2.63. The molecule has 0 saturated carbocycles. The summed E-state index contributed by atoms with van der Waals surface area (Å²) in [6.07, 6.45) is 0. The zero-order valence-electron chi connectivity index (χ0n) is 12.3. The fourth-order valence-electron chi connectivity index (χ4n) is 2.45. The van der Waals surface area contributed by atoms with Gasteiger partial charge in [0.05, 0.1) is 6.04 Å². The van der Waals surface area contributed by atoms with Gasteiger partial charge in [-0.2, -0.15) is 0 Å². The number of benzene rings is 2. The van der Waals surface area contributed by atoms with E-state index in [-0.39, 0.29) is 5.56 Å². The van der Waals surface area contributed by atoms with Gasteiger partial charge >= 0.3 is 0 Å². The molecule has 0 aliphatic rings. The molecule has 0 bridgehead atoms. The minimum Gasteiger partial charge on any atom is -0.306 e. The summed E-state index contributed by atoms with van der Waals surface area (Å²) in [5.74, 6) is -1.07. The maximum Gasteiger partial charge on any atom is 0.134 e. The molecule has 0 fully saturated rings. The monoisotopic (exact) mass is 309 g/mol. The van der Waals surface area contributed by atoms with Crippen LogP contribution in [0.3, 0.4) is 0 Å². The first kappa shape index (κ1) is 15.9. The van der Waals surface area contributed by atoms with Crippen molar-refractivity contribution in [3.63, 3.8) is 0 Å². The van der Waals surface area contributed by atoms with Crippen LogP contribution in [0.1, 0.15) is 35.2 Å². The van der Waals surface area contributed by atoms with Crippen molar-refractivity contribution in [3.05, 3.63) is 69.2 Å². The Bertz CT molecular complexity index is 655. The van der Waals surface area contributed by atoms with Crippen LogP contribution >= 0.6 is 11.6 Å². The van der Waals surface area contributed by atoms with Crippen molar-refractivity contribution >= 4 is 11.6 Å². The summed E-state index contributed by atoms with van der Waals surface area (Å²) in [6.45, 7) is 5.97. The van der Waals surface area contributed by atoms with Crippen molar-refractivity contribution in [1.29, 1.82) is 0 Å². The van der Waals surface area contributed by atoms with Gasteiger partial charge in [0, 0.05) is 10.6 Å². The molecule has 112 valence electrons. The van der Waals surface area contributed by atoms with Gasteiger partial charge in [0.15, 0.2) is 0 Å². The third-order valence-electron chi connectivity index (χ3n) is 3.64. The van der Waals surface area contributed by atoms with Crippen LogP contribution in [-0.4, -0.2) is 6.54 Å². The molecule has 1 atom stereocenters. The molecule has 0 amide bonds. The Labute approximate surface area is 128 Å². The van der Waals surface area contributed by atoms with Gasteiger partial charge in [0.2, 0.25) is 0 Å². The van der Waals surface area contributed by atoms with Gasteiger partial charge in [0.1, 0.15) is 11.6 Å². The molecule has 1 N–H and O–H groups in total. The second kappa shape index (κ2) is 6.54. The third kappa shape index (κ3) is 3.09. The van der Waals surface area contributed by atoms with E-state index >= 15 is 0 Å². The summed E-state index contributed by atoms with van der Waals surface area (Å²) in [7, 11) is 0. The maximum atomic E-state index is 14.4. The predicted octanol–water partition coefficient (Wildman–Crippen LogP) is 4.93. The highest BCUT2D eigenvalue weighted by atomic mass is 35.5. The van der Waals surface area contributed by atoms with Crippen LogP contribution in [0.4, 0.5) is 8.78 Å². The molecule has 1 nitrogen and oxygen atoms in total. The van der Waals surface area contributed by atoms with Crippen LogP contribution in [0, 0.1) is 25.5 Å². The van der Waals surface area contributed by atoms with Crippen LogP contribution in [0.2, 0.25) is 5.02 Å². The average molecular weight is 310 g/mol. The number of aryl methyl sites for hydroxylation is 1. The van der Waals surface area contributed by atoms with Crippen LogP contribution in [0.5, 0.6) is 0 Å². The van der Waals surface area contributed by atoms with Crippen molar-refractivity contribution in [2.45, 2.75) is 26.8 Å². The van der Waals surface area contributed by atoms with Crippen LogP contribution in [0.25, 0.3) is 0 Å². The highest BCUT2D eigenvalue weighted by molar-refractivity contribution is 6.31. The molecule has 0 aromatic heterocycles. The van der Waals surface area contributed by atoms with Crippen LogP contribution < -0.4 is 5.32 Å². The standard InChI is InChI=1S/C17H18ClF2N/c1-4-21-17(12-6-5-7-13(18)11(12)3)15-14(19)9-8-10(2)16(15)20/h5-9,17,21H,4H2,1-3H3. The first-order valence-electron chi connectivity index (χ1n) is 6.90. The van der Waals surface area contributed by atoms with Crippen molar-refractivity contribution in [2.75, 3.05) is 6.54 Å². The number of hydrogen-bond donors (Lipinski definition) is 1. The SMILES string of the molecule is CCNC(c1cccc(Cl)c1C)c1c(F)ccc(C)c1F. The van der Waals surface area contributed by atoms with Crippen LogP contribution in [0.15, 0.2) is 30.3 Å². The molecular weight excluding hydrogens is 292 g/mol. The van der Waals surface area contributed by atoms with Gasteiger partial charge in [-0.25, -0.2) is 8.78 Å². The van der Waals surface area contributed by atoms with Gasteiger partial charge in [-0.05, 0) is 49.2 Å². The minimum absolute atomic E-state index is 0.0437. The summed E-state index contributed by atoms with van der Waals surface area (Å²) < 4.78 is 28.6. The molecule has 0 aliphatic heterocycles. The molecule has 0 saturated heterocycles. The van der Waals surface area contributed by atoms with E-state index in [1.807, 2.05) is 19.9 Å². The van der Waals surface area contributed by atoms with Crippen LogP contribution in [-0.2, 0) is 0 Å². The summed E-state index contributed by atoms with van der Waals surface area (Å²) in [6, 6.07) is 7.59. The summed E-state index contributed by atoms with van der Waals surface area (Å²) in [4.78, 5) is 0. The maximum absolute atomic E-state index is 14.4. The first-order chi connectivity index (χ1) is 9.97. The van der Waals surface area contributed by atoms with Crippen molar-refractivity contribution in [1.82, 2.24) is 5.32 Å². The van der Waals surface area contributed by atoms with Crippen molar-refractivity contribution < 1.29 is 8.78 Å². The first-order valence-corrected chi connectivity index (χ1v) is 7.28. The normalized spacial score (nSPS) is 12.5. The van der Waals surface area contributed by atoms with Gasteiger partial charge in [-0.15, -0.1) is 0 Å². The molecule has 0 spiro atoms. The Hall–Kier alpha value is -1.45. The number of nitrogens with one attached hydrogen (secondary N) is 1. The highest BCUT2D eigenvalue weighted by Gasteiger charge is 2.24. The van der Waals surface area contributed by atoms with E-state index in [1.54, 1.807) is 19.1 Å². The smallest absolute Gasteiger partial charge is 0.134 e. The lowest BCUT2D eigenvalue weighted by Crippen LogP contribution is -2.25. The third-order valence-corrected chi connectivity index (χ3v) is 4.05. The van der Waals surface area contributed by atoms with E-state index in [4.69, 9.17) is 11.6 Å². The average Bonchev–Trinajstić information content (AvgIpc) is 2.45. The van der Waals surface area contributed by atoms with E-state index in [2.05, 4.69) is 5.32 Å². The molecular formula is C17H18ClF2N. The quantitative estimate of drug-likeness (QED) is 0.844. The summed E-state index contributed by atoms with van der Waals surface area (Å²) in [5.41, 5.74) is 2.08. The Balaban J connectivity index is 2.65. The molecule has 4 heteroatoms. The second-order valence-corrected chi connectivity index (χ2v) is 5.44. The Morgan fingerprint density at radius 3 is 2.52 bits per heavy atom. The van der Waals surface area contributed by atoms with E-state index in [1.165, 1.54) is 12.1 Å². The number of rotatable bonds is 4. The van der Waals surface area contributed by atoms with E-state index in [0.717, 1.165) is 11.1 Å². The summed E-state index contributed by atoms with van der Waals surface area (Å²) >= 11 is 6.14. The molecule has 1 unspecified atom stereocenters. The molecule has 0 heterocycles. The Kier molecular flexibility index (Phi) is 4.96. The Morgan fingerprint density at radius 1 is 1.14 bits per heavy atom. The van der Waals surface area contributed by atoms with Gasteiger partial charge in [0.25, 0.3) is 0 Å². The molecule has 0 radical (unpaired) electrons. The molecule has 2 aromatic carbocycles. The molecule has 2 aromatic rings. The minimum atomic E-state index is -0.561. The second-order valence-electron chi connectivity index (χ2n) is 5.04. The molecule has 21 heavy (non-hydrogen) atoms. The molecule has 0 aliphatic carbocycles. The number of hydrogen-bond acceptors (Lipinski definition) is 1. The molecule has 2 rings (SSSR count). The zero-order chi connectivity index (χ0) is 15.6. The van der Waals surface area contributed by atoms with E-state index < -0.39 is 17.7 Å². The lowest BCUT2D eigenvalue weighted by atomic mass is 9.93. The topological polar surface area (TPSA) is 12.0 Å². The lowest BCUT2D eigenvalue weighted by Gasteiger charge is -2.23. The number of halogens is 3. The van der Waals surface area contributed by atoms with E-state index in [0.29, 0.717) is 17.1 Å².